The molecule has 0 saturated heterocycles. The van der Waals surface area contributed by atoms with Gasteiger partial charge in [-0.2, -0.15) is 0 Å². The van der Waals surface area contributed by atoms with Crippen LogP contribution in [0.15, 0.2) is 36.4 Å². The molecule has 4 heteroatoms. The van der Waals surface area contributed by atoms with Gasteiger partial charge < -0.3 is 13.9 Å². The summed E-state index contributed by atoms with van der Waals surface area (Å²) < 4.78 is 17.5. The van der Waals surface area contributed by atoms with E-state index < -0.39 is 8.32 Å². The molecular formula is C18H28O3Si. The van der Waals surface area contributed by atoms with Gasteiger partial charge >= 0.3 is 0 Å². The quantitative estimate of drug-likeness (QED) is 0.581. The van der Waals surface area contributed by atoms with Crippen LogP contribution >= 0.6 is 0 Å². The Balaban J connectivity index is 1.89. The van der Waals surface area contributed by atoms with Crippen molar-refractivity contribution in [2.24, 2.45) is 0 Å². The van der Waals surface area contributed by atoms with Crippen LogP contribution in [0.4, 0.5) is 0 Å². The number of ether oxygens (including phenoxy) is 2. The monoisotopic (exact) mass is 320 g/mol. The van der Waals surface area contributed by atoms with Crippen molar-refractivity contribution < 1.29 is 13.9 Å². The van der Waals surface area contributed by atoms with Crippen LogP contribution in [-0.4, -0.2) is 28.1 Å². The predicted molar refractivity (Wildman–Crippen MR) is 92.9 cm³/mol. The molecule has 1 aromatic rings. The van der Waals surface area contributed by atoms with Crippen molar-refractivity contribution in [2.45, 2.75) is 51.1 Å². The van der Waals surface area contributed by atoms with Crippen molar-refractivity contribution >= 4 is 8.32 Å². The van der Waals surface area contributed by atoms with Gasteiger partial charge in [0.25, 0.3) is 0 Å². The van der Waals surface area contributed by atoms with Gasteiger partial charge in [-0.1, -0.05) is 45.1 Å². The van der Waals surface area contributed by atoms with Crippen molar-refractivity contribution in [1.82, 2.24) is 0 Å². The average molecular weight is 321 g/mol. The standard InChI is InChI=1S/C18H28O3Si/c1-18(2,3)22(5,6)20-13-16-11-12-17(21-16)14-7-9-15(19-4)10-8-14/h7-12,16-17H,13H2,1-6H3/t16-,17-/m0/s1. The maximum absolute atomic E-state index is 6.24. The molecule has 0 amide bonds. The second kappa shape index (κ2) is 6.57. The third-order valence-electron chi connectivity index (χ3n) is 4.68. The molecule has 0 bridgehead atoms. The second-order valence-corrected chi connectivity index (χ2v) is 12.1. The van der Waals surface area contributed by atoms with Crippen LogP contribution in [0.5, 0.6) is 5.75 Å². The van der Waals surface area contributed by atoms with E-state index in [1.54, 1.807) is 7.11 Å². The van der Waals surface area contributed by atoms with Crippen LogP contribution in [0.2, 0.25) is 18.1 Å². The fraction of sp³-hybridized carbons (Fsp3) is 0.556. The molecule has 0 aromatic heterocycles. The Hall–Kier alpha value is -1.10. The Morgan fingerprint density at radius 2 is 1.73 bits per heavy atom. The van der Waals surface area contributed by atoms with E-state index in [2.05, 4.69) is 46.0 Å². The van der Waals surface area contributed by atoms with Crippen LogP contribution < -0.4 is 4.74 Å². The summed E-state index contributed by atoms with van der Waals surface area (Å²) in [5.41, 5.74) is 1.15. The number of methoxy groups -OCH3 is 1. The Morgan fingerprint density at radius 1 is 1.09 bits per heavy atom. The molecule has 0 aliphatic carbocycles. The molecule has 0 saturated carbocycles. The van der Waals surface area contributed by atoms with Gasteiger partial charge in [0.05, 0.1) is 19.8 Å². The van der Waals surface area contributed by atoms with E-state index in [0.29, 0.717) is 6.61 Å². The van der Waals surface area contributed by atoms with E-state index in [1.165, 1.54) is 0 Å². The molecule has 22 heavy (non-hydrogen) atoms. The number of hydrogen-bond donors (Lipinski definition) is 0. The fourth-order valence-electron chi connectivity index (χ4n) is 2.09. The molecule has 0 spiro atoms. The van der Waals surface area contributed by atoms with Gasteiger partial charge in [-0.05, 0) is 35.8 Å². The Labute approximate surface area is 135 Å². The normalized spacial score (nSPS) is 22.1. The van der Waals surface area contributed by atoms with Crippen molar-refractivity contribution in [2.75, 3.05) is 13.7 Å². The molecule has 0 unspecified atom stereocenters. The van der Waals surface area contributed by atoms with Crippen LogP contribution in [0.3, 0.4) is 0 Å². The van der Waals surface area contributed by atoms with Gasteiger partial charge in [0, 0.05) is 0 Å². The molecule has 0 fully saturated rings. The fourth-order valence-corrected chi connectivity index (χ4v) is 3.10. The van der Waals surface area contributed by atoms with Gasteiger partial charge in [-0.25, -0.2) is 0 Å². The van der Waals surface area contributed by atoms with Crippen molar-refractivity contribution in [3.05, 3.63) is 42.0 Å². The van der Waals surface area contributed by atoms with E-state index in [0.717, 1.165) is 11.3 Å². The van der Waals surface area contributed by atoms with E-state index in [4.69, 9.17) is 13.9 Å². The van der Waals surface area contributed by atoms with Crippen LogP contribution in [0, 0.1) is 0 Å². The average Bonchev–Trinajstić information content (AvgIpc) is 2.93. The molecule has 0 radical (unpaired) electrons. The summed E-state index contributed by atoms with van der Waals surface area (Å²) in [6.45, 7) is 11.9. The van der Waals surface area contributed by atoms with Gasteiger partial charge in [-0.15, -0.1) is 0 Å². The maximum atomic E-state index is 6.24. The van der Waals surface area contributed by atoms with Gasteiger partial charge in [0.1, 0.15) is 11.9 Å². The first-order valence-corrected chi connectivity index (χ1v) is 10.8. The molecule has 2 atom stereocenters. The first-order valence-electron chi connectivity index (χ1n) is 7.84. The zero-order valence-corrected chi connectivity index (χ0v) is 15.6. The Bertz CT molecular complexity index is 514. The largest absolute Gasteiger partial charge is 0.497 e. The molecule has 1 heterocycles. The van der Waals surface area contributed by atoms with Crippen LogP contribution in [-0.2, 0) is 9.16 Å². The predicted octanol–water partition coefficient (Wildman–Crippen LogP) is 4.71. The third kappa shape index (κ3) is 4.00. The summed E-state index contributed by atoms with van der Waals surface area (Å²) in [4.78, 5) is 0. The topological polar surface area (TPSA) is 27.7 Å². The third-order valence-corrected chi connectivity index (χ3v) is 9.18. The minimum Gasteiger partial charge on any atom is -0.497 e. The van der Waals surface area contributed by atoms with Crippen LogP contribution in [0.1, 0.15) is 32.4 Å². The lowest BCUT2D eigenvalue weighted by molar-refractivity contribution is 0.0282. The zero-order valence-electron chi connectivity index (χ0n) is 14.6. The molecule has 1 aliphatic rings. The van der Waals surface area contributed by atoms with Gasteiger partial charge in [0.2, 0.25) is 0 Å². The number of hydrogen-bond acceptors (Lipinski definition) is 3. The molecule has 2 rings (SSSR count). The van der Waals surface area contributed by atoms with Gasteiger partial charge in [-0.3, -0.25) is 0 Å². The summed E-state index contributed by atoms with van der Waals surface area (Å²) in [6, 6.07) is 8.02. The van der Waals surface area contributed by atoms with E-state index in [1.807, 2.05) is 24.3 Å². The highest BCUT2D eigenvalue weighted by Gasteiger charge is 2.38. The van der Waals surface area contributed by atoms with Crippen molar-refractivity contribution in [3.63, 3.8) is 0 Å². The summed E-state index contributed by atoms with van der Waals surface area (Å²) in [5, 5.41) is 0.227. The molecule has 1 aliphatic heterocycles. The first kappa shape index (κ1) is 17.3. The lowest BCUT2D eigenvalue weighted by atomic mass is 10.1. The van der Waals surface area contributed by atoms with Gasteiger partial charge in [0.15, 0.2) is 8.32 Å². The van der Waals surface area contributed by atoms with E-state index >= 15 is 0 Å². The molecule has 3 nitrogen and oxygen atoms in total. The van der Waals surface area contributed by atoms with E-state index in [9.17, 15) is 0 Å². The minimum absolute atomic E-state index is 0.0129. The Morgan fingerprint density at radius 3 is 2.27 bits per heavy atom. The highest BCUT2D eigenvalue weighted by Crippen LogP contribution is 2.37. The molecule has 0 N–H and O–H groups in total. The second-order valence-electron chi connectivity index (χ2n) is 7.32. The first-order chi connectivity index (χ1) is 10.2. The summed E-state index contributed by atoms with van der Waals surface area (Å²) in [5.74, 6) is 0.864. The smallest absolute Gasteiger partial charge is 0.192 e. The van der Waals surface area contributed by atoms with E-state index in [-0.39, 0.29) is 17.2 Å². The Kier molecular flexibility index (Phi) is 5.15. The molecular weight excluding hydrogens is 292 g/mol. The summed E-state index contributed by atoms with van der Waals surface area (Å²) >= 11 is 0. The summed E-state index contributed by atoms with van der Waals surface area (Å²) in [7, 11) is -0.0407. The maximum Gasteiger partial charge on any atom is 0.192 e. The molecule has 1 aromatic carbocycles. The SMILES string of the molecule is COc1ccc([C@@H]2C=C[C@@H](CO[Si](C)(C)C(C)(C)C)O2)cc1. The lowest BCUT2D eigenvalue weighted by Crippen LogP contribution is -2.42. The van der Waals surface area contributed by atoms with Crippen molar-refractivity contribution in [1.29, 1.82) is 0 Å². The zero-order chi connectivity index (χ0) is 16.4. The number of benzene rings is 1. The lowest BCUT2D eigenvalue weighted by Gasteiger charge is -2.36. The van der Waals surface area contributed by atoms with Crippen LogP contribution in [0.25, 0.3) is 0 Å². The number of rotatable bonds is 5. The highest BCUT2D eigenvalue weighted by molar-refractivity contribution is 6.74. The van der Waals surface area contributed by atoms with Crippen molar-refractivity contribution in [3.8, 4) is 5.75 Å². The summed E-state index contributed by atoms with van der Waals surface area (Å²) in [6.07, 6.45) is 4.28. The minimum atomic E-state index is -1.72. The molecule has 122 valence electrons. The highest BCUT2D eigenvalue weighted by atomic mass is 28.4.